The van der Waals surface area contributed by atoms with Crippen molar-refractivity contribution in [3.63, 3.8) is 0 Å². The first-order chi connectivity index (χ1) is 12.7. The smallest absolute Gasteiger partial charge is 0.259 e. The summed E-state index contributed by atoms with van der Waals surface area (Å²) >= 11 is 0. The second-order valence-electron chi connectivity index (χ2n) is 6.88. The van der Waals surface area contributed by atoms with Crippen LogP contribution in [-0.4, -0.2) is 21.0 Å². The minimum atomic E-state index is -0.189. The third-order valence-corrected chi connectivity index (χ3v) is 4.74. The van der Waals surface area contributed by atoms with Gasteiger partial charge in [0.2, 0.25) is 0 Å². The van der Waals surface area contributed by atoms with Crippen molar-refractivity contribution in [1.29, 1.82) is 0 Å². The molecule has 1 saturated carbocycles. The van der Waals surface area contributed by atoms with Crippen molar-refractivity contribution < 1.29 is 9.32 Å². The molecule has 0 saturated heterocycles. The number of pyridine rings is 2. The maximum atomic E-state index is 13.1. The molecule has 1 atom stereocenters. The number of carbonyl (C=O) groups is 1. The van der Waals surface area contributed by atoms with E-state index in [1.807, 2.05) is 31.2 Å². The predicted octanol–water partition coefficient (Wildman–Crippen LogP) is 3.94. The number of amides is 1. The van der Waals surface area contributed by atoms with Crippen LogP contribution in [0.25, 0.3) is 11.1 Å². The molecule has 1 N–H and O–H groups in total. The highest BCUT2D eigenvalue weighted by Crippen LogP contribution is 2.40. The number of nitrogens with zero attached hydrogens (tertiary/aromatic N) is 3. The van der Waals surface area contributed by atoms with E-state index in [4.69, 9.17) is 4.52 Å². The first kappa shape index (κ1) is 16.7. The molecule has 3 heterocycles. The number of nitrogens with one attached hydrogen (secondary N) is 1. The highest BCUT2D eigenvalue weighted by Gasteiger charge is 2.29. The minimum Gasteiger partial charge on any atom is -0.344 e. The van der Waals surface area contributed by atoms with Gasteiger partial charge in [0, 0.05) is 17.8 Å². The molecule has 134 valence electrons. The van der Waals surface area contributed by atoms with Crippen LogP contribution in [0.4, 0.5) is 0 Å². The van der Waals surface area contributed by atoms with E-state index in [9.17, 15) is 4.79 Å². The lowest BCUT2D eigenvalue weighted by Gasteiger charge is -2.14. The third-order valence-electron chi connectivity index (χ3n) is 4.74. The van der Waals surface area contributed by atoms with Crippen LogP contribution in [-0.2, 0) is 6.42 Å². The molecule has 0 aromatic carbocycles. The van der Waals surface area contributed by atoms with Crippen molar-refractivity contribution in [2.24, 2.45) is 0 Å². The molecule has 1 unspecified atom stereocenters. The van der Waals surface area contributed by atoms with Crippen LogP contribution in [0.1, 0.15) is 72.5 Å². The van der Waals surface area contributed by atoms with Crippen LogP contribution < -0.4 is 5.32 Å². The standard InChI is InChI=1S/C20H22N4O2/c1-3-6-16-18-14(11-17(13-8-9-13)23-20(18)26-24-16)19(25)22-12(2)15-7-4-5-10-21-15/h4-5,7,10-13H,3,6,8-9H2,1-2H3,(H,22,25). The Kier molecular flexibility index (Phi) is 4.41. The van der Waals surface area contributed by atoms with Gasteiger partial charge in [0.05, 0.1) is 28.4 Å². The summed E-state index contributed by atoms with van der Waals surface area (Å²) in [7, 11) is 0. The molecule has 26 heavy (non-hydrogen) atoms. The third kappa shape index (κ3) is 3.19. The zero-order valence-corrected chi connectivity index (χ0v) is 15.0. The van der Waals surface area contributed by atoms with Crippen molar-refractivity contribution >= 4 is 17.0 Å². The Hall–Kier alpha value is -2.76. The van der Waals surface area contributed by atoms with Crippen molar-refractivity contribution in [3.05, 3.63) is 53.1 Å². The largest absolute Gasteiger partial charge is 0.344 e. The fraction of sp³-hybridized carbons (Fsp3) is 0.400. The zero-order chi connectivity index (χ0) is 18.1. The maximum absolute atomic E-state index is 13.1. The van der Waals surface area contributed by atoms with E-state index in [1.165, 1.54) is 0 Å². The lowest BCUT2D eigenvalue weighted by molar-refractivity contribution is 0.0940. The molecule has 1 aliphatic rings. The lowest BCUT2D eigenvalue weighted by Crippen LogP contribution is -2.27. The van der Waals surface area contributed by atoms with Crippen molar-refractivity contribution in [2.75, 3.05) is 0 Å². The Morgan fingerprint density at radius 1 is 1.38 bits per heavy atom. The average molecular weight is 350 g/mol. The van der Waals surface area contributed by atoms with Crippen LogP contribution >= 0.6 is 0 Å². The van der Waals surface area contributed by atoms with Crippen molar-refractivity contribution in [3.8, 4) is 0 Å². The van der Waals surface area contributed by atoms with Crippen LogP contribution in [0.2, 0.25) is 0 Å². The number of rotatable bonds is 6. The summed E-state index contributed by atoms with van der Waals surface area (Å²) < 4.78 is 5.45. The van der Waals surface area contributed by atoms with Crippen LogP contribution in [0.5, 0.6) is 0 Å². The van der Waals surface area contributed by atoms with E-state index >= 15 is 0 Å². The van der Waals surface area contributed by atoms with E-state index in [1.54, 1.807) is 6.20 Å². The summed E-state index contributed by atoms with van der Waals surface area (Å²) in [6, 6.07) is 7.41. The van der Waals surface area contributed by atoms with Gasteiger partial charge in [0.1, 0.15) is 0 Å². The number of hydrogen-bond acceptors (Lipinski definition) is 5. The molecule has 1 amide bonds. The Morgan fingerprint density at radius 3 is 2.92 bits per heavy atom. The Morgan fingerprint density at radius 2 is 2.23 bits per heavy atom. The van der Waals surface area contributed by atoms with E-state index in [-0.39, 0.29) is 11.9 Å². The van der Waals surface area contributed by atoms with Gasteiger partial charge in [-0.25, -0.2) is 4.98 Å². The van der Waals surface area contributed by atoms with Crippen LogP contribution in [0, 0.1) is 0 Å². The fourth-order valence-electron chi connectivity index (χ4n) is 3.18. The zero-order valence-electron chi connectivity index (χ0n) is 15.0. The Bertz CT molecular complexity index is 932. The van der Waals surface area contributed by atoms with Gasteiger partial charge in [0.25, 0.3) is 11.6 Å². The molecule has 0 aliphatic heterocycles. The molecule has 3 aromatic rings. The van der Waals surface area contributed by atoms with Gasteiger partial charge in [-0.2, -0.15) is 0 Å². The first-order valence-corrected chi connectivity index (χ1v) is 9.18. The summed E-state index contributed by atoms with van der Waals surface area (Å²) in [5, 5.41) is 7.95. The molecule has 6 heteroatoms. The summed E-state index contributed by atoms with van der Waals surface area (Å²) in [6.07, 6.45) is 5.64. The number of hydrogen-bond donors (Lipinski definition) is 1. The average Bonchev–Trinajstić information content (AvgIpc) is 3.44. The van der Waals surface area contributed by atoms with E-state index in [0.717, 1.165) is 48.2 Å². The highest BCUT2D eigenvalue weighted by atomic mass is 16.5. The van der Waals surface area contributed by atoms with Gasteiger partial charge in [0.15, 0.2) is 0 Å². The highest BCUT2D eigenvalue weighted by molar-refractivity contribution is 6.06. The summed E-state index contributed by atoms with van der Waals surface area (Å²) in [5.41, 5.74) is 3.62. The Labute approximate surface area is 152 Å². The number of aromatic nitrogens is 3. The molecular formula is C20H22N4O2. The van der Waals surface area contributed by atoms with Crippen molar-refractivity contribution in [2.45, 2.75) is 51.5 Å². The van der Waals surface area contributed by atoms with E-state index in [2.05, 4.69) is 27.4 Å². The fourth-order valence-corrected chi connectivity index (χ4v) is 3.18. The van der Waals surface area contributed by atoms with E-state index < -0.39 is 0 Å². The topological polar surface area (TPSA) is 80.9 Å². The molecule has 6 nitrogen and oxygen atoms in total. The van der Waals surface area contributed by atoms with Crippen molar-refractivity contribution in [1.82, 2.24) is 20.4 Å². The van der Waals surface area contributed by atoms with Gasteiger partial charge in [-0.15, -0.1) is 0 Å². The summed E-state index contributed by atoms with van der Waals surface area (Å²) in [4.78, 5) is 22.0. The summed E-state index contributed by atoms with van der Waals surface area (Å²) in [6.45, 7) is 4.01. The van der Waals surface area contributed by atoms with Gasteiger partial charge < -0.3 is 9.84 Å². The van der Waals surface area contributed by atoms with E-state index in [0.29, 0.717) is 17.2 Å². The van der Waals surface area contributed by atoms with Gasteiger partial charge >= 0.3 is 0 Å². The monoisotopic (exact) mass is 350 g/mol. The quantitative estimate of drug-likeness (QED) is 0.728. The molecule has 0 bridgehead atoms. The molecule has 0 radical (unpaired) electrons. The normalized spacial score (nSPS) is 15.2. The summed E-state index contributed by atoms with van der Waals surface area (Å²) in [5.74, 6) is 0.289. The molecule has 0 spiro atoms. The first-order valence-electron chi connectivity index (χ1n) is 9.18. The minimum absolute atomic E-state index is 0.141. The Balaban J connectivity index is 1.71. The molecule has 4 rings (SSSR count). The second-order valence-corrected chi connectivity index (χ2v) is 6.88. The molecule has 1 fully saturated rings. The van der Waals surface area contributed by atoms with Gasteiger partial charge in [-0.3, -0.25) is 9.78 Å². The van der Waals surface area contributed by atoms with Gasteiger partial charge in [-0.05, 0) is 44.4 Å². The van der Waals surface area contributed by atoms with Gasteiger partial charge in [-0.1, -0.05) is 24.6 Å². The van der Waals surface area contributed by atoms with Crippen LogP contribution in [0.15, 0.2) is 35.0 Å². The molecular weight excluding hydrogens is 328 g/mol. The molecule has 1 aliphatic carbocycles. The number of fused-ring (bicyclic) bond motifs is 1. The maximum Gasteiger partial charge on any atom is 0.259 e. The SMILES string of the molecule is CCCc1noc2nc(C3CC3)cc(C(=O)NC(C)c3ccccn3)c12. The predicted molar refractivity (Wildman–Crippen MR) is 97.9 cm³/mol. The van der Waals surface area contributed by atoms with Crippen LogP contribution in [0.3, 0.4) is 0 Å². The molecule has 3 aromatic heterocycles. The number of aryl methyl sites for hydroxylation is 1. The second kappa shape index (κ2) is 6.86. The number of carbonyl (C=O) groups excluding carboxylic acids is 1. The lowest BCUT2D eigenvalue weighted by atomic mass is 10.0.